The van der Waals surface area contributed by atoms with Gasteiger partial charge in [-0.05, 0) is 17.7 Å². The van der Waals surface area contributed by atoms with Crippen LogP contribution in [-0.2, 0) is 6.54 Å². The summed E-state index contributed by atoms with van der Waals surface area (Å²) in [5, 5.41) is 12.8. The summed E-state index contributed by atoms with van der Waals surface area (Å²) in [7, 11) is 0. The fraction of sp³-hybridized carbons (Fsp3) is 0.0769. The van der Waals surface area contributed by atoms with Gasteiger partial charge in [0.25, 0.3) is 5.69 Å². The summed E-state index contributed by atoms with van der Waals surface area (Å²) in [6, 6.07) is 5.06. The van der Waals surface area contributed by atoms with E-state index in [9.17, 15) is 23.3 Å². The van der Waals surface area contributed by atoms with Gasteiger partial charge in [0, 0.05) is 6.54 Å². The third kappa shape index (κ3) is 3.43. The summed E-state index contributed by atoms with van der Waals surface area (Å²) >= 11 is 5.59. The highest BCUT2D eigenvalue weighted by atomic mass is 35.5. The lowest BCUT2D eigenvalue weighted by molar-refractivity contribution is -0.385. The van der Waals surface area contributed by atoms with Gasteiger partial charge >= 0.3 is 0 Å². The normalized spacial score (nSPS) is 10.5. The highest BCUT2D eigenvalue weighted by Gasteiger charge is 2.16. The predicted molar refractivity (Wildman–Crippen MR) is 71.7 cm³/mol. The van der Waals surface area contributed by atoms with Gasteiger partial charge in [-0.1, -0.05) is 17.7 Å². The van der Waals surface area contributed by atoms with Crippen LogP contribution in [0, 0.1) is 27.6 Å². The summed E-state index contributed by atoms with van der Waals surface area (Å²) < 4.78 is 40.2. The second-order valence-corrected chi connectivity index (χ2v) is 4.55. The minimum absolute atomic E-state index is 0.0222. The monoisotopic (exact) mass is 316 g/mol. The molecule has 2 rings (SSSR count). The SMILES string of the molecule is O=[N+]([O-])c1cc(F)c(NCc2ccc(F)c(Cl)c2)c(F)c1. The third-order valence-corrected chi connectivity index (χ3v) is 2.98. The van der Waals surface area contributed by atoms with Gasteiger partial charge in [-0.3, -0.25) is 10.1 Å². The Bertz CT molecular complexity index is 687. The second-order valence-electron chi connectivity index (χ2n) is 4.14. The first kappa shape index (κ1) is 15.1. The summed E-state index contributed by atoms with van der Waals surface area (Å²) in [6.07, 6.45) is 0. The number of nitrogens with zero attached hydrogens (tertiary/aromatic N) is 1. The number of rotatable bonds is 4. The molecule has 4 nitrogen and oxygen atoms in total. The number of halogens is 4. The van der Waals surface area contributed by atoms with Crippen LogP contribution in [0.25, 0.3) is 0 Å². The van der Waals surface area contributed by atoms with E-state index in [2.05, 4.69) is 5.32 Å². The van der Waals surface area contributed by atoms with E-state index in [0.717, 1.165) is 6.07 Å². The Hall–Kier alpha value is -2.28. The van der Waals surface area contributed by atoms with Crippen LogP contribution in [0.3, 0.4) is 0 Å². The first-order chi connectivity index (χ1) is 9.88. The number of hydrogen-bond acceptors (Lipinski definition) is 3. The van der Waals surface area contributed by atoms with Crippen molar-refractivity contribution in [1.29, 1.82) is 0 Å². The molecule has 0 aromatic heterocycles. The van der Waals surface area contributed by atoms with Crippen LogP contribution >= 0.6 is 11.6 Å². The molecule has 0 atom stereocenters. The molecule has 0 unspecified atom stereocenters. The highest BCUT2D eigenvalue weighted by Crippen LogP contribution is 2.25. The van der Waals surface area contributed by atoms with E-state index < -0.39 is 33.7 Å². The molecule has 2 aromatic carbocycles. The van der Waals surface area contributed by atoms with Crippen molar-refractivity contribution in [3.05, 3.63) is 68.5 Å². The Morgan fingerprint density at radius 2 is 1.71 bits per heavy atom. The van der Waals surface area contributed by atoms with E-state index in [1.54, 1.807) is 0 Å². The average molecular weight is 317 g/mol. The number of nitro groups is 1. The van der Waals surface area contributed by atoms with Crippen molar-refractivity contribution in [3.8, 4) is 0 Å². The van der Waals surface area contributed by atoms with Gasteiger partial charge in [-0.25, -0.2) is 13.2 Å². The molecule has 0 aliphatic rings. The zero-order chi connectivity index (χ0) is 15.6. The average Bonchev–Trinajstić information content (AvgIpc) is 2.41. The fourth-order valence-corrected chi connectivity index (χ4v) is 1.88. The molecule has 1 N–H and O–H groups in total. The van der Waals surface area contributed by atoms with E-state index in [-0.39, 0.29) is 11.6 Å². The topological polar surface area (TPSA) is 55.2 Å². The molecule has 0 saturated carbocycles. The van der Waals surface area contributed by atoms with Crippen molar-refractivity contribution in [3.63, 3.8) is 0 Å². The molecule has 0 heterocycles. The molecule has 0 aliphatic carbocycles. The Kier molecular flexibility index (Phi) is 4.32. The molecular weight excluding hydrogens is 309 g/mol. The predicted octanol–water partition coefficient (Wildman–Crippen LogP) is 4.28. The van der Waals surface area contributed by atoms with Gasteiger partial charge in [-0.2, -0.15) is 0 Å². The third-order valence-electron chi connectivity index (χ3n) is 2.69. The summed E-state index contributed by atoms with van der Waals surface area (Å²) in [4.78, 5) is 9.57. The van der Waals surface area contributed by atoms with E-state index >= 15 is 0 Å². The van der Waals surface area contributed by atoms with Crippen molar-refractivity contribution < 1.29 is 18.1 Å². The number of non-ortho nitro benzene ring substituents is 1. The minimum Gasteiger partial charge on any atom is -0.376 e. The van der Waals surface area contributed by atoms with Crippen LogP contribution in [-0.4, -0.2) is 4.92 Å². The molecule has 0 fully saturated rings. The zero-order valence-corrected chi connectivity index (χ0v) is 11.1. The molecule has 0 radical (unpaired) electrons. The Morgan fingerprint density at radius 3 is 2.24 bits per heavy atom. The lowest BCUT2D eigenvalue weighted by Gasteiger charge is -2.09. The van der Waals surface area contributed by atoms with Gasteiger partial charge in [0.05, 0.1) is 22.1 Å². The number of hydrogen-bond donors (Lipinski definition) is 1. The molecule has 0 spiro atoms. The number of anilines is 1. The molecule has 0 amide bonds. The van der Waals surface area contributed by atoms with Crippen LogP contribution in [0.2, 0.25) is 5.02 Å². The lowest BCUT2D eigenvalue weighted by Crippen LogP contribution is -2.05. The molecule has 0 saturated heterocycles. The van der Waals surface area contributed by atoms with Crippen molar-refractivity contribution >= 4 is 23.0 Å². The smallest absolute Gasteiger partial charge is 0.275 e. The van der Waals surface area contributed by atoms with Crippen LogP contribution in [0.5, 0.6) is 0 Å². The van der Waals surface area contributed by atoms with Gasteiger partial charge in [0.2, 0.25) is 0 Å². The maximum atomic E-state index is 13.6. The van der Waals surface area contributed by atoms with E-state index in [0.29, 0.717) is 17.7 Å². The molecule has 8 heteroatoms. The maximum Gasteiger partial charge on any atom is 0.275 e. The van der Waals surface area contributed by atoms with E-state index in [1.807, 2.05) is 0 Å². The molecular formula is C13H8ClF3N2O2. The Morgan fingerprint density at radius 1 is 1.10 bits per heavy atom. The largest absolute Gasteiger partial charge is 0.376 e. The molecule has 21 heavy (non-hydrogen) atoms. The van der Waals surface area contributed by atoms with Crippen molar-refractivity contribution in [2.75, 3.05) is 5.32 Å². The molecule has 2 aromatic rings. The lowest BCUT2D eigenvalue weighted by atomic mass is 10.2. The quantitative estimate of drug-likeness (QED) is 0.676. The Balaban J connectivity index is 2.20. The first-order valence-corrected chi connectivity index (χ1v) is 6.07. The van der Waals surface area contributed by atoms with Crippen LogP contribution in [0.1, 0.15) is 5.56 Å². The van der Waals surface area contributed by atoms with Crippen LogP contribution in [0.15, 0.2) is 30.3 Å². The molecule has 0 bridgehead atoms. The highest BCUT2D eigenvalue weighted by molar-refractivity contribution is 6.30. The van der Waals surface area contributed by atoms with Gasteiger partial charge < -0.3 is 5.32 Å². The number of nitro benzene ring substituents is 1. The summed E-state index contributed by atoms with van der Waals surface area (Å²) in [5.74, 6) is -2.78. The standard InChI is InChI=1S/C13H8ClF3N2O2/c14-9-3-7(1-2-10(9)15)6-18-13-11(16)4-8(19(20)21)5-12(13)17/h1-5,18H,6H2. The summed E-state index contributed by atoms with van der Waals surface area (Å²) in [5.41, 5.74) is -0.681. The second kappa shape index (κ2) is 6.01. The zero-order valence-electron chi connectivity index (χ0n) is 10.4. The fourth-order valence-electron chi connectivity index (χ4n) is 1.67. The van der Waals surface area contributed by atoms with Crippen LogP contribution < -0.4 is 5.32 Å². The minimum atomic E-state index is -1.09. The number of benzene rings is 2. The first-order valence-electron chi connectivity index (χ1n) is 5.69. The Labute approximate surface area is 122 Å². The molecule has 0 aliphatic heterocycles. The van der Waals surface area contributed by atoms with Gasteiger partial charge in [0.15, 0.2) is 11.6 Å². The van der Waals surface area contributed by atoms with Crippen molar-refractivity contribution in [1.82, 2.24) is 0 Å². The van der Waals surface area contributed by atoms with Crippen LogP contribution in [0.4, 0.5) is 24.5 Å². The number of nitrogens with one attached hydrogen (secondary N) is 1. The summed E-state index contributed by atoms with van der Waals surface area (Å²) in [6.45, 7) is -0.0222. The van der Waals surface area contributed by atoms with Crippen molar-refractivity contribution in [2.24, 2.45) is 0 Å². The van der Waals surface area contributed by atoms with Crippen molar-refractivity contribution in [2.45, 2.75) is 6.54 Å². The van der Waals surface area contributed by atoms with E-state index in [4.69, 9.17) is 11.6 Å². The van der Waals surface area contributed by atoms with Gasteiger partial charge in [0.1, 0.15) is 11.5 Å². The molecule has 110 valence electrons. The van der Waals surface area contributed by atoms with Gasteiger partial charge in [-0.15, -0.1) is 0 Å². The van der Waals surface area contributed by atoms with E-state index in [1.165, 1.54) is 12.1 Å². The maximum absolute atomic E-state index is 13.6.